The molecule has 0 saturated heterocycles. The zero-order chi connectivity index (χ0) is 12.4. The lowest BCUT2D eigenvalue weighted by atomic mass is 9.90. The predicted molar refractivity (Wildman–Crippen MR) is 77.5 cm³/mol. The minimum atomic E-state index is 0.522. The lowest BCUT2D eigenvalue weighted by Gasteiger charge is -2.36. The van der Waals surface area contributed by atoms with E-state index in [9.17, 15) is 0 Å². The van der Waals surface area contributed by atoms with E-state index >= 15 is 0 Å². The number of thioether (sulfide) groups is 1. The van der Waals surface area contributed by atoms with Crippen LogP contribution < -0.4 is 5.32 Å². The van der Waals surface area contributed by atoms with Crippen LogP contribution in [-0.2, 0) is 5.75 Å². The highest BCUT2D eigenvalue weighted by molar-refractivity contribution is 7.99. The van der Waals surface area contributed by atoms with E-state index in [-0.39, 0.29) is 0 Å². The molecule has 1 N–H and O–H groups in total. The van der Waals surface area contributed by atoms with Crippen molar-refractivity contribution in [3.8, 4) is 0 Å². The van der Waals surface area contributed by atoms with Gasteiger partial charge in [0.05, 0.1) is 0 Å². The SMILES string of the molecule is CCNC1c2cccc(C)c2CSC1C(C)C. The summed E-state index contributed by atoms with van der Waals surface area (Å²) >= 11 is 2.11. The molecule has 1 heterocycles. The number of benzene rings is 1. The number of aryl methyl sites for hydroxylation is 1. The average Bonchev–Trinajstić information content (AvgIpc) is 2.30. The van der Waals surface area contributed by atoms with Crippen molar-refractivity contribution in [3.63, 3.8) is 0 Å². The van der Waals surface area contributed by atoms with Crippen LogP contribution in [0, 0.1) is 12.8 Å². The van der Waals surface area contributed by atoms with Crippen molar-refractivity contribution in [2.75, 3.05) is 6.54 Å². The Balaban J connectivity index is 2.38. The number of nitrogens with one attached hydrogen (secondary N) is 1. The van der Waals surface area contributed by atoms with Gasteiger partial charge in [-0.25, -0.2) is 0 Å². The standard InChI is InChI=1S/C15H23NS/c1-5-16-14-12-8-6-7-11(4)13(12)9-17-15(14)10(2)3/h6-8,10,14-16H,5,9H2,1-4H3. The predicted octanol–water partition coefficient (Wildman–Crippen LogP) is 3.92. The third-order valence-electron chi connectivity index (χ3n) is 3.61. The Labute approximate surface area is 109 Å². The van der Waals surface area contributed by atoms with E-state index < -0.39 is 0 Å². The summed E-state index contributed by atoms with van der Waals surface area (Å²) in [7, 11) is 0. The molecule has 0 aromatic heterocycles. The van der Waals surface area contributed by atoms with Crippen molar-refractivity contribution < 1.29 is 0 Å². The first-order chi connectivity index (χ1) is 8.15. The fraction of sp³-hybridized carbons (Fsp3) is 0.600. The largest absolute Gasteiger partial charge is 0.309 e. The molecule has 0 spiro atoms. The minimum absolute atomic E-state index is 0.522. The molecule has 2 unspecified atom stereocenters. The maximum absolute atomic E-state index is 3.68. The van der Waals surface area contributed by atoms with Crippen molar-refractivity contribution in [1.29, 1.82) is 0 Å². The van der Waals surface area contributed by atoms with Crippen LogP contribution in [0.4, 0.5) is 0 Å². The summed E-state index contributed by atoms with van der Waals surface area (Å²) in [6.07, 6.45) is 0. The van der Waals surface area contributed by atoms with Crippen LogP contribution in [0.1, 0.15) is 43.5 Å². The third-order valence-corrected chi connectivity index (χ3v) is 5.27. The lowest BCUT2D eigenvalue weighted by Crippen LogP contribution is -2.36. The van der Waals surface area contributed by atoms with Crippen LogP contribution >= 0.6 is 11.8 Å². The topological polar surface area (TPSA) is 12.0 Å². The summed E-state index contributed by atoms with van der Waals surface area (Å²) in [5, 5.41) is 4.38. The zero-order valence-corrected chi connectivity index (χ0v) is 12.1. The molecule has 2 heteroatoms. The van der Waals surface area contributed by atoms with Crippen LogP contribution in [0.3, 0.4) is 0 Å². The van der Waals surface area contributed by atoms with Crippen LogP contribution in [0.5, 0.6) is 0 Å². The Morgan fingerprint density at radius 2 is 2.18 bits per heavy atom. The first kappa shape index (κ1) is 13.0. The number of rotatable bonds is 3. The van der Waals surface area contributed by atoms with Crippen molar-refractivity contribution in [2.24, 2.45) is 5.92 Å². The fourth-order valence-electron chi connectivity index (χ4n) is 2.69. The first-order valence-corrected chi connectivity index (χ1v) is 7.63. The van der Waals surface area contributed by atoms with Gasteiger partial charge in [-0.15, -0.1) is 0 Å². The van der Waals surface area contributed by atoms with Crippen LogP contribution in [0.25, 0.3) is 0 Å². The van der Waals surface area contributed by atoms with Crippen LogP contribution in [-0.4, -0.2) is 11.8 Å². The van der Waals surface area contributed by atoms with E-state index in [4.69, 9.17) is 0 Å². The normalized spacial score (nSPS) is 23.8. The maximum Gasteiger partial charge on any atom is 0.0446 e. The molecular weight excluding hydrogens is 226 g/mol. The highest BCUT2D eigenvalue weighted by atomic mass is 32.2. The molecule has 0 bridgehead atoms. The highest BCUT2D eigenvalue weighted by Crippen LogP contribution is 2.41. The van der Waals surface area contributed by atoms with Crippen LogP contribution in [0.2, 0.25) is 0 Å². The first-order valence-electron chi connectivity index (χ1n) is 6.58. The van der Waals surface area contributed by atoms with Crippen molar-refractivity contribution >= 4 is 11.8 Å². The Morgan fingerprint density at radius 3 is 2.82 bits per heavy atom. The molecule has 0 fully saturated rings. The molecule has 17 heavy (non-hydrogen) atoms. The van der Waals surface area contributed by atoms with Gasteiger partial charge >= 0.3 is 0 Å². The molecule has 0 aliphatic carbocycles. The number of hydrogen-bond acceptors (Lipinski definition) is 2. The molecule has 1 aliphatic heterocycles. The number of fused-ring (bicyclic) bond motifs is 1. The van der Waals surface area contributed by atoms with Gasteiger partial charge in [-0.1, -0.05) is 39.0 Å². The van der Waals surface area contributed by atoms with Gasteiger partial charge in [0.2, 0.25) is 0 Å². The molecule has 1 nitrogen and oxygen atoms in total. The van der Waals surface area contributed by atoms with Gasteiger partial charge in [-0.2, -0.15) is 11.8 Å². The molecule has 1 aromatic carbocycles. The second kappa shape index (κ2) is 5.45. The van der Waals surface area contributed by atoms with Crippen molar-refractivity contribution in [2.45, 2.75) is 44.7 Å². The van der Waals surface area contributed by atoms with E-state index in [0.717, 1.165) is 12.5 Å². The summed E-state index contributed by atoms with van der Waals surface area (Å²) in [5.41, 5.74) is 4.53. The minimum Gasteiger partial charge on any atom is -0.309 e. The van der Waals surface area contributed by atoms with E-state index in [1.807, 2.05) is 0 Å². The van der Waals surface area contributed by atoms with Gasteiger partial charge in [-0.05, 0) is 36.1 Å². The van der Waals surface area contributed by atoms with E-state index in [0.29, 0.717) is 11.3 Å². The van der Waals surface area contributed by atoms with E-state index in [2.05, 4.69) is 63.0 Å². The van der Waals surface area contributed by atoms with Crippen molar-refractivity contribution in [3.05, 3.63) is 34.9 Å². The van der Waals surface area contributed by atoms with Gasteiger partial charge in [0, 0.05) is 17.0 Å². The summed E-state index contributed by atoms with van der Waals surface area (Å²) in [5.74, 6) is 1.89. The summed E-state index contributed by atoms with van der Waals surface area (Å²) in [6.45, 7) is 10.2. The van der Waals surface area contributed by atoms with E-state index in [1.165, 1.54) is 16.9 Å². The molecule has 1 aliphatic rings. The maximum atomic E-state index is 3.68. The molecule has 0 saturated carbocycles. The Bertz CT molecular complexity index is 387. The molecule has 2 rings (SSSR count). The van der Waals surface area contributed by atoms with E-state index in [1.54, 1.807) is 5.56 Å². The molecule has 0 amide bonds. The summed E-state index contributed by atoms with van der Waals surface area (Å²) in [6, 6.07) is 7.27. The molecule has 1 aromatic rings. The number of hydrogen-bond donors (Lipinski definition) is 1. The Morgan fingerprint density at radius 1 is 1.41 bits per heavy atom. The van der Waals surface area contributed by atoms with Gasteiger partial charge in [-0.3, -0.25) is 0 Å². The quantitative estimate of drug-likeness (QED) is 0.871. The monoisotopic (exact) mass is 249 g/mol. The van der Waals surface area contributed by atoms with Gasteiger partial charge in [0.1, 0.15) is 0 Å². The average molecular weight is 249 g/mol. The Hall–Kier alpha value is -0.470. The lowest BCUT2D eigenvalue weighted by molar-refractivity contribution is 0.447. The van der Waals surface area contributed by atoms with Gasteiger partial charge in [0.25, 0.3) is 0 Å². The van der Waals surface area contributed by atoms with Gasteiger partial charge in [0.15, 0.2) is 0 Å². The van der Waals surface area contributed by atoms with Gasteiger partial charge < -0.3 is 5.32 Å². The highest BCUT2D eigenvalue weighted by Gasteiger charge is 2.31. The third kappa shape index (κ3) is 2.53. The summed E-state index contributed by atoms with van der Waals surface area (Å²) in [4.78, 5) is 0. The van der Waals surface area contributed by atoms with Crippen LogP contribution in [0.15, 0.2) is 18.2 Å². The molecule has 2 atom stereocenters. The Kier molecular flexibility index (Phi) is 4.16. The van der Waals surface area contributed by atoms with Crippen molar-refractivity contribution in [1.82, 2.24) is 5.32 Å². The zero-order valence-electron chi connectivity index (χ0n) is 11.3. The second-order valence-electron chi connectivity index (χ2n) is 5.20. The molecule has 94 valence electrons. The smallest absolute Gasteiger partial charge is 0.0446 e. The molecule has 0 radical (unpaired) electrons. The fourth-order valence-corrected chi connectivity index (χ4v) is 4.26. The summed E-state index contributed by atoms with van der Waals surface area (Å²) < 4.78 is 0. The second-order valence-corrected chi connectivity index (χ2v) is 6.36. The molecular formula is C15H23NS.